The molecule has 1 aliphatic rings. The minimum absolute atomic E-state index is 0.650. The molecule has 0 amide bonds. The van der Waals surface area contributed by atoms with Gasteiger partial charge in [0.05, 0.1) is 33.0 Å². The molecule has 0 radical (unpaired) electrons. The first-order chi connectivity index (χ1) is 9.88. The van der Waals surface area contributed by atoms with E-state index in [2.05, 4.69) is 11.8 Å². The standard InChI is InChI=1S/C15H32N2O3/c1-2-3-9-18-11-13-20-14-12-19-10-8-17(7-6-16)15-4-5-15/h15H,2-14,16H2,1H3. The van der Waals surface area contributed by atoms with Crippen molar-refractivity contribution in [2.75, 3.05) is 59.3 Å². The summed E-state index contributed by atoms with van der Waals surface area (Å²) in [5, 5.41) is 0. The van der Waals surface area contributed by atoms with Gasteiger partial charge in [0, 0.05) is 32.3 Å². The van der Waals surface area contributed by atoms with E-state index >= 15 is 0 Å². The molecule has 0 aromatic heterocycles. The van der Waals surface area contributed by atoms with Crippen LogP contribution in [0, 0.1) is 0 Å². The molecule has 1 aliphatic carbocycles. The summed E-state index contributed by atoms with van der Waals surface area (Å²) in [6, 6.07) is 0.763. The van der Waals surface area contributed by atoms with E-state index in [9.17, 15) is 0 Å². The first-order valence-corrected chi connectivity index (χ1v) is 8.05. The molecule has 5 nitrogen and oxygen atoms in total. The molecule has 0 bridgehead atoms. The monoisotopic (exact) mass is 288 g/mol. The highest BCUT2D eigenvalue weighted by Gasteiger charge is 2.27. The Morgan fingerprint density at radius 2 is 1.50 bits per heavy atom. The van der Waals surface area contributed by atoms with Crippen molar-refractivity contribution < 1.29 is 14.2 Å². The summed E-state index contributed by atoms with van der Waals surface area (Å²) >= 11 is 0. The van der Waals surface area contributed by atoms with Gasteiger partial charge in [0.2, 0.25) is 0 Å². The van der Waals surface area contributed by atoms with Gasteiger partial charge in [-0.15, -0.1) is 0 Å². The Morgan fingerprint density at radius 3 is 2.05 bits per heavy atom. The number of nitrogens with zero attached hydrogens (tertiary/aromatic N) is 1. The molecule has 0 saturated heterocycles. The van der Waals surface area contributed by atoms with Gasteiger partial charge in [0.25, 0.3) is 0 Å². The van der Waals surface area contributed by atoms with Crippen molar-refractivity contribution in [2.45, 2.75) is 38.6 Å². The van der Waals surface area contributed by atoms with Crippen LogP contribution in [0.1, 0.15) is 32.6 Å². The van der Waals surface area contributed by atoms with Crippen LogP contribution in [0.15, 0.2) is 0 Å². The van der Waals surface area contributed by atoms with E-state index in [1.54, 1.807) is 0 Å². The normalized spacial score (nSPS) is 15.2. The van der Waals surface area contributed by atoms with Crippen LogP contribution in [0.3, 0.4) is 0 Å². The van der Waals surface area contributed by atoms with Crippen molar-refractivity contribution in [2.24, 2.45) is 5.73 Å². The third-order valence-electron chi connectivity index (χ3n) is 3.39. The average molecular weight is 288 g/mol. The number of rotatable bonds is 15. The van der Waals surface area contributed by atoms with Crippen molar-refractivity contribution in [3.8, 4) is 0 Å². The number of ether oxygens (including phenoxy) is 3. The summed E-state index contributed by atoms with van der Waals surface area (Å²) in [5.74, 6) is 0. The van der Waals surface area contributed by atoms with Crippen LogP contribution in [-0.4, -0.2) is 70.2 Å². The van der Waals surface area contributed by atoms with Gasteiger partial charge in [-0.1, -0.05) is 13.3 Å². The van der Waals surface area contributed by atoms with E-state index in [1.165, 1.54) is 19.3 Å². The number of hydrogen-bond acceptors (Lipinski definition) is 5. The lowest BCUT2D eigenvalue weighted by Gasteiger charge is -2.20. The van der Waals surface area contributed by atoms with E-state index in [-0.39, 0.29) is 0 Å². The summed E-state index contributed by atoms with van der Waals surface area (Å²) in [7, 11) is 0. The molecule has 0 aromatic rings. The summed E-state index contributed by atoms with van der Waals surface area (Å²) in [5.41, 5.74) is 5.61. The zero-order valence-electron chi connectivity index (χ0n) is 13.0. The van der Waals surface area contributed by atoms with E-state index in [1.807, 2.05) is 0 Å². The summed E-state index contributed by atoms with van der Waals surface area (Å²) in [6.07, 6.45) is 4.95. The van der Waals surface area contributed by atoms with Crippen LogP contribution in [0.4, 0.5) is 0 Å². The average Bonchev–Trinajstić information content (AvgIpc) is 3.28. The first-order valence-electron chi connectivity index (χ1n) is 8.05. The van der Waals surface area contributed by atoms with Crippen LogP contribution >= 0.6 is 0 Å². The number of unbranched alkanes of at least 4 members (excludes halogenated alkanes) is 1. The van der Waals surface area contributed by atoms with Gasteiger partial charge >= 0.3 is 0 Å². The maximum absolute atomic E-state index is 5.61. The van der Waals surface area contributed by atoms with E-state index in [0.717, 1.165) is 45.3 Å². The molecule has 1 rings (SSSR count). The van der Waals surface area contributed by atoms with Crippen molar-refractivity contribution in [1.82, 2.24) is 4.90 Å². The first kappa shape index (κ1) is 17.9. The Kier molecular flexibility index (Phi) is 11.2. The second-order valence-electron chi connectivity index (χ2n) is 5.25. The third kappa shape index (κ3) is 9.66. The molecule has 20 heavy (non-hydrogen) atoms. The predicted molar refractivity (Wildman–Crippen MR) is 81.0 cm³/mol. The molecule has 120 valence electrons. The molecule has 0 aliphatic heterocycles. The largest absolute Gasteiger partial charge is 0.379 e. The molecule has 0 atom stereocenters. The quantitative estimate of drug-likeness (QED) is 0.460. The third-order valence-corrected chi connectivity index (χ3v) is 3.39. The summed E-state index contributed by atoms with van der Waals surface area (Å²) in [4.78, 5) is 2.43. The molecule has 0 unspecified atom stereocenters. The molecule has 1 saturated carbocycles. The Hall–Kier alpha value is -0.200. The van der Waals surface area contributed by atoms with Gasteiger partial charge in [-0.3, -0.25) is 4.90 Å². The van der Waals surface area contributed by atoms with Crippen LogP contribution in [0.2, 0.25) is 0 Å². The van der Waals surface area contributed by atoms with Crippen LogP contribution in [-0.2, 0) is 14.2 Å². The lowest BCUT2D eigenvalue weighted by atomic mass is 10.4. The molecule has 0 aromatic carbocycles. The summed E-state index contributed by atoms with van der Waals surface area (Å²) < 4.78 is 16.4. The second kappa shape index (κ2) is 12.5. The Bertz CT molecular complexity index is 213. The topological polar surface area (TPSA) is 57.0 Å². The SMILES string of the molecule is CCCCOCCOCCOCCN(CCN)C1CC1. The highest BCUT2D eigenvalue weighted by atomic mass is 16.5. The lowest BCUT2D eigenvalue weighted by molar-refractivity contribution is 0.00991. The highest BCUT2D eigenvalue weighted by Crippen LogP contribution is 2.25. The molecule has 2 N–H and O–H groups in total. The molecule has 5 heteroatoms. The van der Waals surface area contributed by atoms with Gasteiger partial charge in [-0.05, 0) is 19.3 Å². The second-order valence-corrected chi connectivity index (χ2v) is 5.25. The van der Waals surface area contributed by atoms with Crippen molar-refractivity contribution in [1.29, 1.82) is 0 Å². The van der Waals surface area contributed by atoms with Crippen molar-refractivity contribution in [3.63, 3.8) is 0 Å². The Balaban J connectivity index is 1.77. The van der Waals surface area contributed by atoms with Crippen molar-refractivity contribution >= 4 is 0 Å². The smallest absolute Gasteiger partial charge is 0.0701 e. The number of hydrogen-bond donors (Lipinski definition) is 1. The van der Waals surface area contributed by atoms with E-state index in [0.29, 0.717) is 26.4 Å². The maximum atomic E-state index is 5.61. The molecular weight excluding hydrogens is 256 g/mol. The van der Waals surface area contributed by atoms with Crippen LogP contribution in [0.5, 0.6) is 0 Å². The fourth-order valence-corrected chi connectivity index (χ4v) is 2.05. The van der Waals surface area contributed by atoms with Crippen molar-refractivity contribution in [3.05, 3.63) is 0 Å². The van der Waals surface area contributed by atoms with Gasteiger partial charge in [0.1, 0.15) is 0 Å². The number of nitrogens with two attached hydrogens (primary N) is 1. The fourth-order valence-electron chi connectivity index (χ4n) is 2.05. The van der Waals surface area contributed by atoms with Gasteiger partial charge in [0.15, 0.2) is 0 Å². The summed E-state index contributed by atoms with van der Waals surface area (Å²) in [6.45, 7) is 9.14. The lowest BCUT2D eigenvalue weighted by Crippen LogP contribution is -2.34. The molecule has 0 heterocycles. The highest BCUT2D eigenvalue weighted by molar-refractivity contribution is 4.84. The Morgan fingerprint density at radius 1 is 0.900 bits per heavy atom. The zero-order chi connectivity index (χ0) is 14.5. The van der Waals surface area contributed by atoms with Gasteiger partial charge in [-0.25, -0.2) is 0 Å². The molecular formula is C15H32N2O3. The van der Waals surface area contributed by atoms with Crippen LogP contribution < -0.4 is 5.73 Å². The van der Waals surface area contributed by atoms with Gasteiger partial charge in [-0.2, -0.15) is 0 Å². The van der Waals surface area contributed by atoms with E-state index in [4.69, 9.17) is 19.9 Å². The minimum atomic E-state index is 0.650. The van der Waals surface area contributed by atoms with E-state index < -0.39 is 0 Å². The molecule has 1 fully saturated rings. The van der Waals surface area contributed by atoms with Gasteiger partial charge < -0.3 is 19.9 Å². The zero-order valence-corrected chi connectivity index (χ0v) is 13.0. The predicted octanol–water partition coefficient (Wildman–Crippen LogP) is 1.26. The van der Waals surface area contributed by atoms with Crippen LogP contribution in [0.25, 0.3) is 0 Å². The fraction of sp³-hybridized carbons (Fsp3) is 1.00. The minimum Gasteiger partial charge on any atom is -0.379 e. The Labute approximate surface area is 123 Å². The molecule has 0 spiro atoms. The maximum Gasteiger partial charge on any atom is 0.0701 e.